The largest absolute Gasteiger partial charge is 0.327 e. The highest BCUT2D eigenvalue weighted by atomic mass is 79.9. The van der Waals surface area contributed by atoms with E-state index in [1.807, 2.05) is 18.6 Å². The van der Waals surface area contributed by atoms with Gasteiger partial charge in [-0.15, -0.1) is 0 Å². The van der Waals surface area contributed by atoms with Crippen LogP contribution in [0.4, 0.5) is 0 Å². The van der Waals surface area contributed by atoms with Gasteiger partial charge >= 0.3 is 0 Å². The van der Waals surface area contributed by atoms with E-state index in [0.717, 1.165) is 29.3 Å². The number of fused-ring (bicyclic) bond motifs is 3. The van der Waals surface area contributed by atoms with Crippen molar-refractivity contribution in [3.05, 3.63) is 23.2 Å². The number of hydrogen-bond acceptors (Lipinski definition) is 2. The molecule has 0 saturated carbocycles. The number of aromatic nitrogens is 4. The Bertz CT molecular complexity index is 456. The van der Waals surface area contributed by atoms with Gasteiger partial charge in [0.25, 0.3) is 0 Å². The maximum atomic E-state index is 4.30. The van der Waals surface area contributed by atoms with Crippen LogP contribution in [0.15, 0.2) is 23.2 Å². The Kier molecular flexibility index (Phi) is 1.38. The lowest BCUT2D eigenvalue weighted by molar-refractivity contribution is 0.546. The van der Waals surface area contributed by atoms with Crippen molar-refractivity contribution in [2.24, 2.45) is 0 Å². The summed E-state index contributed by atoms with van der Waals surface area (Å²) < 4.78 is 5.27. The Hall–Kier alpha value is -1.10. The molecule has 3 rings (SSSR count). The summed E-state index contributed by atoms with van der Waals surface area (Å²) in [6.07, 6.45) is 5.62. The first-order valence-corrected chi connectivity index (χ1v) is 4.88. The van der Waals surface area contributed by atoms with Crippen LogP contribution < -0.4 is 0 Å². The quantitative estimate of drug-likeness (QED) is 0.698. The maximum absolute atomic E-state index is 4.30. The summed E-state index contributed by atoms with van der Waals surface area (Å²) in [4.78, 5) is 8.57. The van der Waals surface area contributed by atoms with Crippen molar-refractivity contribution in [2.75, 3.05) is 0 Å². The van der Waals surface area contributed by atoms with E-state index in [1.54, 1.807) is 0 Å². The van der Waals surface area contributed by atoms with E-state index >= 15 is 0 Å². The minimum absolute atomic E-state index is 0.947. The molecule has 0 aliphatic carbocycles. The van der Waals surface area contributed by atoms with E-state index in [1.165, 1.54) is 0 Å². The van der Waals surface area contributed by atoms with Crippen molar-refractivity contribution in [3.63, 3.8) is 0 Å². The summed E-state index contributed by atoms with van der Waals surface area (Å²) in [5.41, 5.74) is 0. The summed E-state index contributed by atoms with van der Waals surface area (Å²) in [6, 6.07) is 0. The van der Waals surface area contributed by atoms with Crippen molar-refractivity contribution in [3.8, 4) is 11.6 Å². The molecule has 0 unspecified atom stereocenters. The summed E-state index contributed by atoms with van der Waals surface area (Å²) in [6.45, 7) is 1.93. The van der Waals surface area contributed by atoms with Crippen LogP contribution in [-0.4, -0.2) is 19.1 Å². The monoisotopic (exact) mass is 238 g/mol. The molecule has 1 aliphatic heterocycles. The predicted octanol–water partition coefficient (Wildman–Crippen LogP) is 1.52. The van der Waals surface area contributed by atoms with Gasteiger partial charge in [-0.25, -0.2) is 9.97 Å². The van der Waals surface area contributed by atoms with Crippen molar-refractivity contribution in [2.45, 2.75) is 13.1 Å². The zero-order valence-corrected chi connectivity index (χ0v) is 8.40. The van der Waals surface area contributed by atoms with Crippen LogP contribution in [0.2, 0.25) is 0 Å². The molecule has 2 aromatic rings. The lowest BCUT2D eigenvalue weighted by Gasteiger charge is -2.16. The van der Waals surface area contributed by atoms with Crippen LogP contribution in [0, 0.1) is 0 Å². The van der Waals surface area contributed by atoms with Crippen molar-refractivity contribution >= 4 is 15.9 Å². The number of imidazole rings is 2. The van der Waals surface area contributed by atoms with E-state index in [2.05, 4.69) is 35.0 Å². The van der Waals surface area contributed by atoms with Gasteiger partial charge in [-0.05, 0) is 15.9 Å². The molecule has 0 radical (unpaired) electrons. The minimum Gasteiger partial charge on any atom is -0.327 e. The standard InChI is InChI=1S/C8H7BrN4/c9-6-5-11-8-7-10-1-2-12(7)3-4-13(6)8/h1-2,5H,3-4H2. The third kappa shape index (κ3) is 0.904. The second-order valence-corrected chi connectivity index (χ2v) is 3.81. The molecular formula is C8H7BrN4. The van der Waals surface area contributed by atoms with Gasteiger partial charge in [0, 0.05) is 25.5 Å². The van der Waals surface area contributed by atoms with Gasteiger partial charge in [0.2, 0.25) is 0 Å². The number of rotatable bonds is 0. The fourth-order valence-corrected chi connectivity index (χ4v) is 2.10. The molecule has 1 aliphatic rings. The van der Waals surface area contributed by atoms with Gasteiger partial charge in [0.05, 0.1) is 6.20 Å². The third-order valence-corrected chi connectivity index (χ3v) is 2.92. The molecule has 3 heterocycles. The molecule has 0 N–H and O–H groups in total. The third-order valence-electron chi connectivity index (χ3n) is 2.29. The number of halogens is 1. The first-order valence-electron chi connectivity index (χ1n) is 4.09. The minimum atomic E-state index is 0.947. The molecule has 13 heavy (non-hydrogen) atoms. The Labute approximate surface area is 83.4 Å². The molecular weight excluding hydrogens is 232 g/mol. The van der Waals surface area contributed by atoms with E-state index < -0.39 is 0 Å². The van der Waals surface area contributed by atoms with Crippen LogP contribution in [0.25, 0.3) is 11.6 Å². The van der Waals surface area contributed by atoms with Crippen LogP contribution in [0.3, 0.4) is 0 Å². The molecule has 0 amide bonds. The highest BCUT2D eigenvalue weighted by Gasteiger charge is 2.19. The second-order valence-electron chi connectivity index (χ2n) is 3.00. The SMILES string of the molecule is Brc1cnc2n1CCn1ccnc1-2. The van der Waals surface area contributed by atoms with Crippen molar-refractivity contribution in [1.29, 1.82) is 0 Å². The number of nitrogens with zero attached hydrogens (tertiary/aromatic N) is 4. The van der Waals surface area contributed by atoms with E-state index in [0.29, 0.717) is 0 Å². The summed E-state index contributed by atoms with van der Waals surface area (Å²) in [5, 5.41) is 0. The fraction of sp³-hybridized carbons (Fsp3) is 0.250. The van der Waals surface area contributed by atoms with Gasteiger partial charge in [-0.1, -0.05) is 0 Å². The molecule has 0 bridgehead atoms. The first kappa shape index (κ1) is 7.32. The smallest absolute Gasteiger partial charge is 0.177 e. The highest BCUT2D eigenvalue weighted by Crippen LogP contribution is 2.25. The molecule has 0 atom stereocenters. The average Bonchev–Trinajstić information content (AvgIpc) is 2.70. The average molecular weight is 239 g/mol. The number of aryl methyl sites for hydroxylation is 1. The Morgan fingerprint density at radius 2 is 2.15 bits per heavy atom. The summed E-state index contributed by atoms with van der Waals surface area (Å²) >= 11 is 3.46. The fourth-order valence-electron chi connectivity index (χ4n) is 1.65. The zero-order valence-electron chi connectivity index (χ0n) is 6.81. The lowest BCUT2D eigenvalue weighted by Crippen LogP contribution is -2.16. The summed E-state index contributed by atoms with van der Waals surface area (Å²) in [5.74, 6) is 1.90. The summed E-state index contributed by atoms with van der Waals surface area (Å²) in [7, 11) is 0. The molecule has 0 aromatic carbocycles. The van der Waals surface area contributed by atoms with Crippen LogP contribution in [-0.2, 0) is 13.1 Å². The molecule has 0 spiro atoms. The number of hydrogen-bond donors (Lipinski definition) is 0. The van der Waals surface area contributed by atoms with Gasteiger partial charge < -0.3 is 9.13 Å². The topological polar surface area (TPSA) is 35.6 Å². The maximum Gasteiger partial charge on any atom is 0.177 e. The Morgan fingerprint density at radius 3 is 3.08 bits per heavy atom. The molecule has 0 fully saturated rings. The van der Waals surface area contributed by atoms with E-state index in [9.17, 15) is 0 Å². The lowest BCUT2D eigenvalue weighted by atomic mass is 10.4. The second kappa shape index (κ2) is 2.45. The van der Waals surface area contributed by atoms with Gasteiger partial charge in [-0.3, -0.25) is 0 Å². The van der Waals surface area contributed by atoms with E-state index in [-0.39, 0.29) is 0 Å². The van der Waals surface area contributed by atoms with Gasteiger partial charge in [0.15, 0.2) is 11.6 Å². The van der Waals surface area contributed by atoms with Gasteiger partial charge in [-0.2, -0.15) is 0 Å². The molecule has 5 heteroatoms. The predicted molar refractivity (Wildman–Crippen MR) is 51.1 cm³/mol. The molecule has 0 saturated heterocycles. The Morgan fingerprint density at radius 1 is 1.23 bits per heavy atom. The van der Waals surface area contributed by atoms with E-state index in [4.69, 9.17) is 0 Å². The molecule has 2 aromatic heterocycles. The molecule has 4 nitrogen and oxygen atoms in total. The van der Waals surface area contributed by atoms with Crippen molar-refractivity contribution < 1.29 is 0 Å². The normalized spacial score (nSPS) is 13.9. The van der Waals surface area contributed by atoms with Crippen LogP contribution >= 0.6 is 15.9 Å². The highest BCUT2D eigenvalue weighted by molar-refractivity contribution is 9.10. The first-order chi connectivity index (χ1) is 6.36. The van der Waals surface area contributed by atoms with Gasteiger partial charge in [0.1, 0.15) is 4.60 Å². The van der Waals surface area contributed by atoms with Crippen molar-refractivity contribution in [1.82, 2.24) is 19.1 Å². The van der Waals surface area contributed by atoms with Crippen LogP contribution in [0.1, 0.15) is 0 Å². The zero-order chi connectivity index (χ0) is 8.84. The van der Waals surface area contributed by atoms with Crippen LogP contribution in [0.5, 0.6) is 0 Å². The molecule has 66 valence electrons. The Balaban J connectivity index is 2.31.